The zero-order valence-corrected chi connectivity index (χ0v) is 26.3. The number of aromatic nitrogens is 5. The molecule has 40 heavy (non-hydrogen) atoms. The Morgan fingerprint density at radius 2 is 1.32 bits per heavy atom. The number of aromatic amines is 2. The molecule has 15 nitrogen and oxygen atoms in total. The molecule has 230 valence electrons. The van der Waals surface area contributed by atoms with Crippen molar-refractivity contribution in [3.63, 3.8) is 0 Å². The maximum absolute atomic E-state index is 10.2. The van der Waals surface area contributed by atoms with Crippen LogP contribution < -0.4 is 26.7 Å². The van der Waals surface area contributed by atoms with E-state index < -0.39 is 0 Å². The van der Waals surface area contributed by atoms with E-state index in [9.17, 15) is 19.2 Å². The van der Waals surface area contributed by atoms with Gasteiger partial charge in [-0.2, -0.15) is 10.2 Å². The lowest BCUT2D eigenvalue weighted by Gasteiger charge is -1.91. The number of nitrogens with zero attached hydrogens (tertiary/aromatic N) is 3. The van der Waals surface area contributed by atoms with Crippen molar-refractivity contribution in [1.29, 1.82) is 0 Å². The van der Waals surface area contributed by atoms with Gasteiger partial charge in [-0.1, -0.05) is 12.2 Å². The van der Waals surface area contributed by atoms with Gasteiger partial charge in [-0.25, -0.2) is 10.5 Å². The van der Waals surface area contributed by atoms with Gasteiger partial charge in [0.15, 0.2) is 0 Å². The first kappa shape index (κ1) is 43.1. The molecule has 2 aromatic heterocycles. The van der Waals surface area contributed by atoms with E-state index in [0.717, 1.165) is 16.5 Å². The van der Waals surface area contributed by atoms with Crippen LogP contribution in [0.15, 0.2) is 18.6 Å². The van der Waals surface area contributed by atoms with Gasteiger partial charge in [0.25, 0.3) is 0 Å². The van der Waals surface area contributed by atoms with Gasteiger partial charge in [-0.3, -0.25) is 34.2 Å². The average Bonchev–Trinajstić information content (AvgIpc) is 3.31. The van der Waals surface area contributed by atoms with Crippen LogP contribution in [-0.4, -0.2) is 88.3 Å². The molecule has 7 N–H and O–H groups in total. The molecule has 1 fully saturated rings. The maximum atomic E-state index is 10.2. The molecule has 3 rings (SSSR count). The van der Waals surface area contributed by atoms with Crippen molar-refractivity contribution < 1.29 is 24.0 Å². The second kappa shape index (κ2) is 31.3. The zero-order valence-electron chi connectivity index (χ0n) is 25.5. The highest BCUT2D eigenvalue weighted by Crippen LogP contribution is 2.17. The summed E-state index contributed by atoms with van der Waals surface area (Å²) in [5.41, 5.74) is 3.18. The van der Waals surface area contributed by atoms with E-state index in [0.29, 0.717) is 6.04 Å². The van der Waals surface area contributed by atoms with Gasteiger partial charge in [0.05, 0.1) is 12.1 Å². The van der Waals surface area contributed by atoms with E-state index in [2.05, 4.69) is 69.2 Å². The van der Waals surface area contributed by atoms with Crippen molar-refractivity contribution in [2.24, 2.45) is 0 Å². The molecule has 1 saturated carbocycles. The van der Waals surface area contributed by atoms with Gasteiger partial charge < -0.3 is 21.3 Å². The molecule has 0 saturated heterocycles. The maximum Gasteiger partial charge on any atom is 0.240 e. The van der Waals surface area contributed by atoms with Crippen LogP contribution in [0.25, 0.3) is 0 Å². The quantitative estimate of drug-likeness (QED) is 0.194. The van der Waals surface area contributed by atoms with Gasteiger partial charge in [-0.05, 0) is 39.7 Å². The molecular formula is C24H48N10O5S. The van der Waals surface area contributed by atoms with E-state index in [1.54, 1.807) is 27.2 Å². The van der Waals surface area contributed by atoms with Crippen LogP contribution in [0.2, 0.25) is 0 Å². The van der Waals surface area contributed by atoms with E-state index >= 15 is 0 Å². The molecule has 0 aromatic carbocycles. The van der Waals surface area contributed by atoms with Gasteiger partial charge >= 0.3 is 0 Å². The fourth-order valence-corrected chi connectivity index (χ4v) is 1.25. The Balaban J connectivity index is -0.000000190. The number of carbonyl (C=O) groups is 4. The lowest BCUT2D eigenvalue weighted by Crippen LogP contribution is -2.21. The van der Waals surface area contributed by atoms with E-state index in [1.165, 1.54) is 47.0 Å². The summed E-state index contributed by atoms with van der Waals surface area (Å²) in [6, 6.07) is 2.44. The number of hydroxylamine groups is 1. The minimum atomic E-state index is -0.183. The third-order valence-electron chi connectivity index (χ3n) is 3.46. The molecule has 1 aliphatic rings. The SMILES string of the molecule is CC(=O)NC1CC1.CNC(C)=O.CNC(C)=O.CNC(C)=S.CONC(C)=O.Cc1ccn[nH]1.Cc1ncn[nH]1. The van der Waals surface area contributed by atoms with Crippen LogP contribution in [0.1, 0.15) is 59.0 Å². The average molecular weight is 589 g/mol. The van der Waals surface area contributed by atoms with E-state index in [4.69, 9.17) is 0 Å². The van der Waals surface area contributed by atoms with Crippen molar-refractivity contribution in [2.45, 2.75) is 67.3 Å². The second-order valence-electron chi connectivity index (χ2n) is 7.57. The highest BCUT2D eigenvalue weighted by molar-refractivity contribution is 7.80. The summed E-state index contributed by atoms with van der Waals surface area (Å²) in [5, 5.41) is 23.0. The summed E-state index contributed by atoms with van der Waals surface area (Å²) in [6.07, 6.45) is 5.57. The van der Waals surface area contributed by atoms with Gasteiger partial charge in [0.1, 0.15) is 12.2 Å². The highest BCUT2D eigenvalue weighted by Gasteiger charge is 2.21. The normalized spacial score (nSPS) is 9.68. The predicted molar refractivity (Wildman–Crippen MR) is 159 cm³/mol. The topological polar surface area (TPSA) is 208 Å². The Labute approximate surface area is 242 Å². The Hall–Kier alpha value is -3.92. The van der Waals surface area contributed by atoms with Crippen LogP contribution in [0.4, 0.5) is 0 Å². The van der Waals surface area contributed by atoms with Crippen LogP contribution >= 0.6 is 12.2 Å². The first-order valence-electron chi connectivity index (χ1n) is 12.1. The Morgan fingerprint density at radius 1 is 0.850 bits per heavy atom. The van der Waals surface area contributed by atoms with Crippen LogP contribution in [0.3, 0.4) is 0 Å². The molecule has 2 aromatic rings. The largest absolute Gasteiger partial charge is 0.383 e. The number of hydrogen-bond donors (Lipinski definition) is 7. The summed E-state index contributed by atoms with van der Waals surface area (Å²) in [5.74, 6) is 0.782. The van der Waals surface area contributed by atoms with Gasteiger partial charge in [0, 0.05) is 66.8 Å². The molecule has 1 aliphatic carbocycles. The Kier molecular flexibility index (Phi) is 33.8. The minimum Gasteiger partial charge on any atom is -0.383 e. The molecule has 0 bridgehead atoms. The summed E-state index contributed by atoms with van der Waals surface area (Å²) >= 11 is 4.59. The first-order valence-corrected chi connectivity index (χ1v) is 12.5. The molecule has 0 radical (unpaired) electrons. The monoisotopic (exact) mass is 588 g/mol. The summed E-state index contributed by atoms with van der Waals surface area (Å²) < 4.78 is 0. The third-order valence-corrected chi connectivity index (χ3v) is 3.67. The molecule has 16 heteroatoms. The molecule has 0 aliphatic heterocycles. The van der Waals surface area contributed by atoms with Crippen LogP contribution in [0, 0.1) is 13.8 Å². The highest BCUT2D eigenvalue weighted by atomic mass is 32.1. The van der Waals surface area contributed by atoms with Crippen molar-refractivity contribution in [1.82, 2.24) is 52.1 Å². The number of rotatable bonds is 2. The lowest BCUT2D eigenvalue weighted by molar-refractivity contribution is -0.129. The Bertz CT molecular complexity index is 824. The molecular weight excluding hydrogens is 540 g/mol. The van der Waals surface area contributed by atoms with Gasteiger partial charge in [-0.15, -0.1) is 0 Å². The van der Waals surface area contributed by atoms with Crippen molar-refractivity contribution in [3.8, 4) is 0 Å². The number of amides is 4. The third kappa shape index (κ3) is 54.8. The number of aryl methyl sites for hydroxylation is 2. The Morgan fingerprint density at radius 3 is 1.40 bits per heavy atom. The van der Waals surface area contributed by atoms with Crippen molar-refractivity contribution in [3.05, 3.63) is 30.1 Å². The fraction of sp³-hybridized carbons (Fsp3) is 0.583. The number of thiocarbonyl (C=S) groups is 1. The van der Waals surface area contributed by atoms with E-state index in [-0.39, 0.29) is 23.6 Å². The number of hydrogen-bond acceptors (Lipinski definition) is 9. The molecule has 4 amide bonds. The molecule has 0 unspecified atom stereocenters. The number of carbonyl (C=O) groups excluding carboxylic acids is 4. The minimum absolute atomic E-state index is 0.00463. The standard InChI is InChI=1S/C5H9NO.C4H6N2.C3H5N3.C3H7NO2.2C3H7NO.C3H7NS/c1-4(7)6-5-2-3-5;1-4-2-3-5-6-4;1-3-4-2-5-6-3;1-3(5)4-6-2;3*1-3(5)4-2/h5H,2-3H2,1H3,(H,6,7);2-3H,1H3,(H,5,6);2H,1H3,(H,4,5,6);1-2H3,(H,4,5);3*1-2H3,(H,4,5). The summed E-state index contributed by atoms with van der Waals surface area (Å²) in [6.45, 7) is 11.5. The zero-order chi connectivity index (χ0) is 31.9. The molecule has 0 spiro atoms. The first-order chi connectivity index (χ1) is 18.7. The summed E-state index contributed by atoms with van der Waals surface area (Å²) in [4.78, 5) is 48.2. The predicted octanol–water partition coefficient (Wildman–Crippen LogP) is 0.858. The van der Waals surface area contributed by atoms with Crippen LogP contribution in [0.5, 0.6) is 0 Å². The molecule has 2 heterocycles. The van der Waals surface area contributed by atoms with Crippen LogP contribution in [-0.2, 0) is 24.0 Å². The van der Waals surface area contributed by atoms with Crippen molar-refractivity contribution >= 4 is 40.8 Å². The second-order valence-corrected chi connectivity index (χ2v) is 8.18. The van der Waals surface area contributed by atoms with Crippen molar-refractivity contribution in [2.75, 3.05) is 28.3 Å². The smallest absolute Gasteiger partial charge is 0.240 e. The fourth-order valence-electron chi connectivity index (χ4n) is 1.25. The lowest BCUT2D eigenvalue weighted by atomic mass is 10.5. The molecule has 0 atom stereocenters. The van der Waals surface area contributed by atoms with E-state index in [1.807, 2.05) is 33.9 Å². The van der Waals surface area contributed by atoms with Gasteiger partial charge in [0.2, 0.25) is 23.6 Å². The summed E-state index contributed by atoms with van der Waals surface area (Å²) in [7, 11) is 6.40. The number of nitrogens with one attached hydrogen (secondary N) is 7. The number of H-pyrrole nitrogens is 2.